The quantitative estimate of drug-likeness (QED) is 0.877. The number of rotatable bonds is 4. The Bertz CT molecular complexity index is 676. The summed E-state index contributed by atoms with van der Waals surface area (Å²) in [5.74, 6) is -0.796. The Labute approximate surface area is 121 Å². The molecular weight excluding hydrogens is 274 g/mol. The maximum atomic E-state index is 10.8. The number of hydrogen-bond acceptors (Lipinski definition) is 4. The lowest BCUT2D eigenvalue weighted by Crippen LogP contribution is -2.37. The smallest absolute Gasteiger partial charge is 0.313 e. The van der Waals surface area contributed by atoms with Gasteiger partial charge in [0.05, 0.1) is 5.75 Å². The van der Waals surface area contributed by atoms with Crippen LogP contribution in [0.5, 0.6) is 0 Å². The molecule has 1 aliphatic carbocycles. The van der Waals surface area contributed by atoms with Crippen LogP contribution in [0.1, 0.15) is 31.7 Å². The van der Waals surface area contributed by atoms with Gasteiger partial charge >= 0.3 is 5.97 Å². The van der Waals surface area contributed by atoms with E-state index in [1.807, 2.05) is 13.0 Å². The number of fused-ring (bicyclic) bond motifs is 1. The molecular formula is C14H17N3O2S. The van der Waals surface area contributed by atoms with Crippen molar-refractivity contribution >= 4 is 28.9 Å². The minimum atomic E-state index is -0.822. The fraction of sp³-hybridized carbons (Fsp3) is 0.500. The van der Waals surface area contributed by atoms with Crippen molar-refractivity contribution in [2.45, 2.75) is 43.8 Å². The predicted octanol–water partition coefficient (Wildman–Crippen LogP) is 2.82. The molecule has 0 atom stereocenters. The molecule has 6 heteroatoms. The van der Waals surface area contributed by atoms with Crippen LogP contribution in [-0.2, 0) is 10.3 Å². The van der Waals surface area contributed by atoms with Crippen LogP contribution in [0.3, 0.4) is 0 Å². The molecule has 1 N–H and O–H groups in total. The molecule has 1 saturated carbocycles. The van der Waals surface area contributed by atoms with E-state index in [9.17, 15) is 4.79 Å². The number of thioether (sulfide) groups is 1. The number of imidazole rings is 1. The average Bonchev–Trinajstić information content (AvgIpc) is 2.74. The van der Waals surface area contributed by atoms with Crippen LogP contribution >= 0.6 is 11.8 Å². The third-order valence-corrected chi connectivity index (χ3v) is 4.94. The molecule has 0 spiro atoms. The fourth-order valence-electron chi connectivity index (χ4n) is 2.70. The second-order valence-corrected chi connectivity index (χ2v) is 6.51. The van der Waals surface area contributed by atoms with E-state index in [1.54, 1.807) is 6.20 Å². The second kappa shape index (κ2) is 4.77. The summed E-state index contributed by atoms with van der Waals surface area (Å²) in [4.78, 5) is 19.9. The number of carboxylic acid groups (broad SMARTS) is 1. The summed E-state index contributed by atoms with van der Waals surface area (Å²) in [6.07, 6.45) is 5.18. The Balaban J connectivity index is 2.14. The monoisotopic (exact) mass is 291 g/mol. The Hall–Kier alpha value is -1.56. The van der Waals surface area contributed by atoms with E-state index < -0.39 is 5.97 Å². The standard InChI is InChI=1S/C14H17N3O2S/c1-9-4-7-15-12-11(9)16-13(20-8-10(18)19)17(12)14(2)5-3-6-14/h4,7H,3,5-6,8H2,1-2H3,(H,18,19). The Morgan fingerprint density at radius 3 is 2.90 bits per heavy atom. The molecule has 0 aliphatic heterocycles. The van der Waals surface area contributed by atoms with Crippen LogP contribution in [0.25, 0.3) is 11.2 Å². The summed E-state index contributed by atoms with van der Waals surface area (Å²) >= 11 is 1.28. The molecule has 0 aromatic carbocycles. The zero-order valence-electron chi connectivity index (χ0n) is 11.6. The van der Waals surface area contributed by atoms with E-state index in [4.69, 9.17) is 5.11 Å². The van der Waals surface area contributed by atoms with Gasteiger partial charge in [0.15, 0.2) is 10.8 Å². The van der Waals surface area contributed by atoms with Gasteiger partial charge < -0.3 is 5.11 Å². The number of carboxylic acids is 1. The fourth-order valence-corrected chi connectivity index (χ4v) is 3.54. The highest BCUT2D eigenvalue weighted by Gasteiger charge is 2.37. The predicted molar refractivity (Wildman–Crippen MR) is 78.1 cm³/mol. The van der Waals surface area contributed by atoms with Crippen LogP contribution < -0.4 is 0 Å². The van der Waals surface area contributed by atoms with E-state index in [2.05, 4.69) is 21.5 Å². The van der Waals surface area contributed by atoms with Crippen molar-refractivity contribution in [2.24, 2.45) is 0 Å². The molecule has 20 heavy (non-hydrogen) atoms. The number of hydrogen-bond donors (Lipinski definition) is 1. The van der Waals surface area contributed by atoms with Crippen LogP contribution in [0, 0.1) is 6.92 Å². The minimum Gasteiger partial charge on any atom is -0.481 e. The number of nitrogens with zero attached hydrogens (tertiary/aromatic N) is 3. The molecule has 3 rings (SSSR count). The lowest BCUT2D eigenvalue weighted by atomic mass is 9.78. The molecule has 0 amide bonds. The van der Waals surface area contributed by atoms with Crippen molar-refractivity contribution in [1.82, 2.24) is 14.5 Å². The van der Waals surface area contributed by atoms with Gasteiger partial charge in [0.2, 0.25) is 0 Å². The van der Waals surface area contributed by atoms with Gasteiger partial charge in [0, 0.05) is 11.7 Å². The lowest BCUT2D eigenvalue weighted by Gasteiger charge is -2.40. The second-order valence-electron chi connectivity index (χ2n) is 5.56. The van der Waals surface area contributed by atoms with E-state index in [1.165, 1.54) is 18.2 Å². The van der Waals surface area contributed by atoms with Gasteiger partial charge in [-0.1, -0.05) is 11.8 Å². The summed E-state index contributed by atoms with van der Waals surface area (Å²) in [5, 5.41) is 9.67. The van der Waals surface area contributed by atoms with Crippen molar-refractivity contribution in [3.05, 3.63) is 17.8 Å². The average molecular weight is 291 g/mol. The summed E-state index contributed by atoms with van der Waals surface area (Å²) in [7, 11) is 0. The number of carbonyl (C=O) groups is 1. The minimum absolute atomic E-state index is 0.0242. The van der Waals surface area contributed by atoms with Gasteiger partial charge in [0.25, 0.3) is 0 Å². The first-order valence-corrected chi connectivity index (χ1v) is 7.69. The summed E-state index contributed by atoms with van der Waals surface area (Å²) in [5.41, 5.74) is 2.86. The first kappa shape index (κ1) is 13.4. The summed E-state index contributed by atoms with van der Waals surface area (Å²) < 4.78 is 2.15. The topological polar surface area (TPSA) is 68.0 Å². The van der Waals surface area contributed by atoms with Crippen LogP contribution in [0.4, 0.5) is 0 Å². The van der Waals surface area contributed by atoms with Crippen molar-refractivity contribution in [3.63, 3.8) is 0 Å². The number of aliphatic carboxylic acids is 1. The van der Waals surface area contributed by atoms with Gasteiger partial charge in [-0.3, -0.25) is 9.36 Å². The first-order valence-electron chi connectivity index (χ1n) is 6.70. The molecule has 5 nitrogen and oxygen atoms in total. The molecule has 2 aromatic heterocycles. The van der Waals surface area contributed by atoms with E-state index in [0.717, 1.165) is 34.7 Å². The highest BCUT2D eigenvalue weighted by molar-refractivity contribution is 7.99. The molecule has 1 fully saturated rings. The Kier molecular flexibility index (Phi) is 3.20. The number of aryl methyl sites for hydroxylation is 1. The van der Waals surface area contributed by atoms with Gasteiger partial charge in [0.1, 0.15) is 5.52 Å². The van der Waals surface area contributed by atoms with Gasteiger partial charge in [-0.25, -0.2) is 9.97 Å². The molecule has 2 heterocycles. The molecule has 2 aromatic rings. The van der Waals surface area contributed by atoms with E-state index in [0.29, 0.717) is 0 Å². The SMILES string of the molecule is Cc1ccnc2c1nc(SCC(=O)O)n2C1(C)CCC1. The number of pyridine rings is 1. The van der Waals surface area contributed by atoms with Crippen LogP contribution in [0.15, 0.2) is 17.4 Å². The van der Waals surface area contributed by atoms with E-state index >= 15 is 0 Å². The Morgan fingerprint density at radius 2 is 2.30 bits per heavy atom. The zero-order chi connectivity index (χ0) is 14.3. The van der Waals surface area contributed by atoms with Crippen LogP contribution in [-0.4, -0.2) is 31.4 Å². The maximum Gasteiger partial charge on any atom is 0.313 e. The molecule has 106 valence electrons. The van der Waals surface area contributed by atoms with Crippen molar-refractivity contribution in [3.8, 4) is 0 Å². The summed E-state index contributed by atoms with van der Waals surface area (Å²) in [6.45, 7) is 4.21. The van der Waals surface area contributed by atoms with Crippen molar-refractivity contribution in [2.75, 3.05) is 5.75 Å². The lowest BCUT2D eigenvalue weighted by molar-refractivity contribution is -0.133. The van der Waals surface area contributed by atoms with E-state index in [-0.39, 0.29) is 11.3 Å². The summed E-state index contributed by atoms with van der Waals surface area (Å²) in [6, 6.07) is 1.94. The van der Waals surface area contributed by atoms with Crippen molar-refractivity contribution in [1.29, 1.82) is 0 Å². The molecule has 1 aliphatic rings. The first-order chi connectivity index (χ1) is 9.51. The maximum absolute atomic E-state index is 10.8. The number of aromatic nitrogens is 3. The third-order valence-electron chi connectivity index (χ3n) is 4.01. The third kappa shape index (κ3) is 2.08. The van der Waals surface area contributed by atoms with Gasteiger partial charge in [-0.05, 0) is 44.7 Å². The largest absolute Gasteiger partial charge is 0.481 e. The van der Waals surface area contributed by atoms with Crippen molar-refractivity contribution < 1.29 is 9.90 Å². The molecule has 0 saturated heterocycles. The Morgan fingerprint density at radius 1 is 1.55 bits per heavy atom. The molecule has 0 unspecified atom stereocenters. The molecule has 0 radical (unpaired) electrons. The van der Waals surface area contributed by atoms with Crippen LogP contribution in [0.2, 0.25) is 0 Å². The zero-order valence-corrected chi connectivity index (χ0v) is 12.4. The molecule has 0 bridgehead atoms. The highest BCUT2D eigenvalue weighted by atomic mass is 32.2. The normalized spacial score (nSPS) is 17.1. The highest BCUT2D eigenvalue weighted by Crippen LogP contribution is 2.43. The van der Waals surface area contributed by atoms with Gasteiger partial charge in [-0.2, -0.15) is 0 Å². The van der Waals surface area contributed by atoms with Gasteiger partial charge in [-0.15, -0.1) is 0 Å².